The van der Waals surface area contributed by atoms with Crippen molar-refractivity contribution in [3.63, 3.8) is 0 Å². The average molecular weight is 263 g/mol. The molecule has 0 spiro atoms. The minimum atomic E-state index is -0.0974. The van der Waals surface area contributed by atoms with E-state index in [0.29, 0.717) is 5.92 Å². The lowest BCUT2D eigenvalue weighted by Crippen LogP contribution is -2.02. The summed E-state index contributed by atoms with van der Waals surface area (Å²) in [6, 6.07) is 6.45. The Labute approximate surface area is 113 Å². The van der Waals surface area contributed by atoms with Crippen LogP contribution in [-0.4, -0.2) is 9.55 Å². The zero-order chi connectivity index (χ0) is 13.3. The highest BCUT2D eigenvalue weighted by Crippen LogP contribution is 2.27. The molecule has 1 aromatic carbocycles. The summed E-state index contributed by atoms with van der Waals surface area (Å²) >= 11 is 6.20. The van der Waals surface area contributed by atoms with Crippen LogP contribution in [0.15, 0.2) is 30.9 Å². The fourth-order valence-corrected chi connectivity index (χ4v) is 2.32. The third-order valence-electron chi connectivity index (χ3n) is 3.14. The molecule has 2 rings (SSSR count). The van der Waals surface area contributed by atoms with Gasteiger partial charge in [0.2, 0.25) is 0 Å². The Kier molecular flexibility index (Phi) is 3.76. The predicted molar refractivity (Wildman–Crippen MR) is 78.3 cm³/mol. The van der Waals surface area contributed by atoms with E-state index in [2.05, 4.69) is 48.2 Å². The van der Waals surface area contributed by atoms with Gasteiger partial charge in [-0.3, -0.25) is 0 Å². The van der Waals surface area contributed by atoms with Gasteiger partial charge in [-0.25, -0.2) is 4.98 Å². The highest BCUT2D eigenvalue weighted by molar-refractivity contribution is 6.20. The number of hydrogen-bond acceptors (Lipinski definition) is 1. The first kappa shape index (κ1) is 13.2. The number of aromatic nitrogens is 2. The largest absolute Gasteiger partial charge is 0.323 e. The van der Waals surface area contributed by atoms with Crippen LogP contribution in [0.3, 0.4) is 0 Å². The smallest absolute Gasteiger partial charge is 0.128 e. The van der Waals surface area contributed by atoms with E-state index in [1.807, 2.05) is 13.0 Å². The second-order valence-corrected chi connectivity index (χ2v) is 5.54. The highest BCUT2D eigenvalue weighted by Gasteiger charge is 2.14. The van der Waals surface area contributed by atoms with Crippen molar-refractivity contribution in [2.45, 2.75) is 38.6 Å². The van der Waals surface area contributed by atoms with Gasteiger partial charge in [0.25, 0.3) is 0 Å². The Morgan fingerprint density at radius 3 is 2.67 bits per heavy atom. The molecule has 0 aliphatic heterocycles. The molecule has 2 nitrogen and oxygen atoms in total. The summed E-state index contributed by atoms with van der Waals surface area (Å²) in [6.07, 6.45) is 1.88. The van der Waals surface area contributed by atoms with Crippen LogP contribution in [0.4, 0.5) is 0 Å². The topological polar surface area (TPSA) is 17.8 Å². The first-order chi connectivity index (χ1) is 8.54. The SMILES string of the molecule is C=CCn1c(C(C)Cl)nc2cc(C(C)C)ccc21. The number of allylic oxidation sites excluding steroid dienone is 1. The molecule has 1 unspecified atom stereocenters. The van der Waals surface area contributed by atoms with Gasteiger partial charge in [-0.05, 0) is 30.5 Å². The monoisotopic (exact) mass is 262 g/mol. The van der Waals surface area contributed by atoms with E-state index in [1.54, 1.807) is 0 Å². The van der Waals surface area contributed by atoms with Crippen LogP contribution in [-0.2, 0) is 6.54 Å². The second kappa shape index (κ2) is 5.15. The van der Waals surface area contributed by atoms with Crippen LogP contribution >= 0.6 is 11.6 Å². The molecule has 96 valence electrons. The second-order valence-electron chi connectivity index (χ2n) is 4.89. The van der Waals surface area contributed by atoms with E-state index < -0.39 is 0 Å². The molecule has 2 aromatic rings. The quantitative estimate of drug-likeness (QED) is 0.580. The maximum absolute atomic E-state index is 6.20. The van der Waals surface area contributed by atoms with Crippen molar-refractivity contribution in [1.29, 1.82) is 0 Å². The number of imidazole rings is 1. The molecule has 0 saturated carbocycles. The minimum absolute atomic E-state index is 0.0974. The number of halogens is 1. The van der Waals surface area contributed by atoms with E-state index in [-0.39, 0.29) is 5.38 Å². The lowest BCUT2D eigenvalue weighted by atomic mass is 10.0. The summed E-state index contributed by atoms with van der Waals surface area (Å²) in [7, 11) is 0. The van der Waals surface area contributed by atoms with Gasteiger partial charge < -0.3 is 4.57 Å². The fourth-order valence-electron chi connectivity index (χ4n) is 2.15. The van der Waals surface area contributed by atoms with Gasteiger partial charge in [0, 0.05) is 6.54 Å². The molecule has 0 bridgehead atoms. The van der Waals surface area contributed by atoms with Crippen LogP contribution in [0, 0.1) is 0 Å². The first-order valence-corrected chi connectivity index (χ1v) is 6.73. The van der Waals surface area contributed by atoms with Gasteiger partial charge in [-0.15, -0.1) is 18.2 Å². The predicted octanol–water partition coefficient (Wildman–Crippen LogP) is 4.65. The molecular weight excluding hydrogens is 244 g/mol. The molecule has 0 amide bonds. The van der Waals surface area contributed by atoms with Crippen molar-refractivity contribution in [1.82, 2.24) is 9.55 Å². The van der Waals surface area contributed by atoms with Crippen molar-refractivity contribution in [2.24, 2.45) is 0 Å². The molecular formula is C15H19ClN2. The van der Waals surface area contributed by atoms with Gasteiger partial charge in [-0.2, -0.15) is 0 Å². The summed E-state index contributed by atoms with van der Waals surface area (Å²) in [4.78, 5) is 4.66. The third kappa shape index (κ3) is 2.30. The molecule has 1 aromatic heterocycles. The minimum Gasteiger partial charge on any atom is -0.323 e. The van der Waals surface area contributed by atoms with E-state index in [4.69, 9.17) is 11.6 Å². The molecule has 0 aliphatic carbocycles. The standard InChI is InChI=1S/C15H19ClN2/c1-5-8-18-14-7-6-12(10(2)3)9-13(14)17-15(18)11(4)16/h5-7,9-11H,1,8H2,2-4H3. The van der Waals surface area contributed by atoms with Gasteiger partial charge in [0.1, 0.15) is 5.82 Å². The molecule has 0 fully saturated rings. The van der Waals surface area contributed by atoms with E-state index in [0.717, 1.165) is 23.4 Å². The maximum Gasteiger partial charge on any atom is 0.128 e. The summed E-state index contributed by atoms with van der Waals surface area (Å²) in [5.41, 5.74) is 3.45. The van der Waals surface area contributed by atoms with Crippen molar-refractivity contribution in [2.75, 3.05) is 0 Å². The summed E-state index contributed by atoms with van der Waals surface area (Å²) in [5.74, 6) is 1.42. The molecule has 1 atom stereocenters. The number of hydrogen-bond donors (Lipinski definition) is 0. The Bertz CT molecular complexity index is 567. The third-order valence-corrected chi connectivity index (χ3v) is 3.33. The summed E-state index contributed by atoms with van der Waals surface area (Å²) in [5, 5.41) is -0.0974. The molecule has 0 saturated heterocycles. The number of nitrogens with zero attached hydrogens (tertiary/aromatic N) is 2. The van der Waals surface area contributed by atoms with Crippen LogP contribution < -0.4 is 0 Å². The zero-order valence-corrected chi connectivity index (χ0v) is 11.9. The molecule has 0 N–H and O–H groups in total. The van der Waals surface area contributed by atoms with Crippen molar-refractivity contribution in [3.8, 4) is 0 Å². The summed E-state index contributed by atoms with van der Waals surface area (Å²) in [6.45, 7) is 10.9. The number of rotatable bonds is 4. The lowest BCUT2D eigenvalue weighted by Gasteiger charge is -2.08. The van der Waals surface area contributed by atoms with Gasteiger partial charge >= 0.3 is 0 Å². The first-order valence-electron chi connectivity index (χ1n) is 6.29. The molecule has 1 heterocycles. The van der Waals surface area contributed by atoms with E-state index >= 15 is 0 Å². The van der Waals surface area contributed by atoms with Crippen LogP contribution in [0.2, 0.25) is 0 Å². The Morgan fingerprint density at radius 1 is 1.39 bits per heavy atom. The van der Waals surface area contributed by atoms with Gasteiger partial charge in [-0.1, -0.05) is 26.0 Å². The van der Waals surface area contributed by atoms with Crippen molar-refractivity contribution in [3.05, 3.63) is 42.2 Å². The van der Waals surface area contributed by atoms with Crippen molar-refractivity contribution >= 4 is 22.6 Å². The lowest BCUT2D eigenvalue weighted by molar-refractivity contribution is 0.758. The van der Waals surface area contributed by atoms with Gasteiger partial charge in [0.15, 0.2) is 0 Å². The molecule has 0 radical (unpaired) electrons. The molecule has 0 aliphatic rings. The Balaban J connectivity index is 2.64. The van der Waals surface area contributed by atoms with Crippen LogP contribution in [0.5, 0.6) is 0 Å². The highest BCUT2D eigenvalue weighted by atomic mass is 35.5. The average Bonchev–Trinajstić information content (AvgIpc) is 2.68. The normalized spacial score (nSPS) is 13.2. The van der Waals surface area contributed by atoms with Crippen molar-refractivity contribution < 1.29 is 0 Å². The Hall–Kier alpha value is -1.28. The molecule has 18 heavy (non-hydrogen) atoms. The number of fused-ring (bicyclic) bond motifs is 1. The fraction of sp³-hybridized carbons (Fsp3) is 0.400. The van der Waals surface area contributed by atoms with Crippen LogP contribution in [0.25, 0.3) is 11.0 Å². The number of benzene rings is 1. The zero-order valence-electron chi connectivity index (χ0n) is 11.2. The van der Waals surface area contributed by atoms with Gasteiger partial charge in [0.05, 0.1) is 16.4 Å². The molecule has 3 heteroatoms. The number of alkyl halides is 1. The Morgan fingerprint density at radius 2 is 2.11 bits per heavy atom. The van der Waals surface area contributed by atoms with Crippen LogP contribution in [0.1, 0.15) is 43.5 Å². The van der Waals surface area contributed by atoms with E-state index in [1.165, 1.54) is 5.56 Å². The maximum atomic E-state index is 6.20. The van der Waals surface area contributed by atoms with E-state index in [9.17, 15) is 0 Å². The summed E-state index contributed by atoms with van der Waals surface area (Å²) < 4.78 is 2.13.